The predicted molar refractivity (Wildman–Crippen MR) is 136 cm³/mol. The Bertz CT molecular complexity index is 1260. The predicted octanol–water partition coefficient (Wildman–Crippen LogP) is 3.88. The van der Waals surface area contributed by atoms with Gasteiger partial charge in [0.15, 0.2) is 0 Å². The number of halogens is 1. The van der Waals surface area contributed by atoms with E-state index in [1.54, 1.807) is 30.3 Å². The van der Waals surface area contributed by atoms with Crippen LogP contribution < -0.4 is 10.6 Å². The monoisotopic (exact) mass is 516 g/mol. The minimum absolute atomic E-state index is 0.0682. The zero-order valence-electron chi connectivity index (χ0n) is 19.4. The second-order valence-electron chi connectivity index (χ2n) is 8.11. The maximum Gasteiger partial charge on any atom is 0.255 e. The maximum absolute atomic E-state index is 13.1. The molecule has 0 bridgehead atoms. The molecule has 3 aromatic carbocycles. The molecule has 1 atom stereocenters. The summed E-state index contributed by atoms with van der Waals surface area (Å²) in [6, 6.07) is 17.3. The average molecular weight is 517 g/mol. The zero-order valence-corrected chi connectivity index (χ0v) is 20.9. The van der Waals surface area contributed by atoms with Gasteiger partial charge in [-0.2, -0.15) is 0 Å². The van der Waals surface area contributed by atoms with Crippen LogP contribution in [0.3, 0.4) is 0 Å². The van der Waals surface area contributed by atoms with E-state index in [1.807, 2.05) is 13.0 Å². The molecular formula is C26H29ClN2O5S. The van der Waals surface area contributed by atoms with Crippen molar-refractivity contribution < 1.29 is 23.4 Å². The number of phenolic OH excluding ortho intramolecular Hbond substituents is 1. The molecule has 9 heteroatoms. The number of aromatic hydroxyl groups is 1. The van der Waals surface area contributed by atoms with Gasteiger partial charge in [0.25, 0.3) is 5.91 Å². The van der Waals surface area contributed by atoms with E-state index in [2.05, 4.69) is 10.6 Å². The zero-order chi connectivity index (χ0) is 25.4. The van der Waals surface area contributed by atoms with Crippen LogP contribution in [0.4, 0.5) is 0 Å². The highest BCUT2D eigenvalue weighted by Gasteiger charge is 2.21. The first-order chi connectivity index (χ1) is 16.7. The normalized spacial score (nSPS) is 12.3. The summed E-state index contributed by atoms with van der Waals surface area (Å²) < 4.78 is 26.2. The highest BCUT2D eigenvalue weighted by Crippen LogP contribution is 2.26. The molecule has 0 aliphatic carbocycles. The number of rotatable bonds is 11. The summed E-state index contributed by atoms with van der Waals surface area (Å²) >= 11 is 5.96. The number of phenols is 1. The minimum Gasteiger partial charge on any atom is -0.507 e. The summed E-state index contributed by atoms with van der Waals surface area (Å²) in [4.78, 5) is 12.3. The standard InChI is InChI=1S/C26H29ClN2O5S/c1-2-13-29-26(32)23-16-22(10-11-24(23)30)35(33,34)21-8-6-18(7-9-21)12-14-28-17-25(31)19-4-3-5-20(27)15-19/h3-11,15-16,25,28,30-31H,2,12-14,17H2,1H3,(H,29,32)/t25-/m0/s1. The molecule has 0 fully saturated rings. The Labute approximate surface area is 210 Å². The molecule has 7 nitrogen and oxygen atoms in total. The van der Waals surface area contributed by atoms with Crippen molar-refractivity contribution in [3.8, 4) is 5.75 Å². The van der Waals surface area contributed by atoms with Crippen molar-refractivity contribution in [3.63, 3.8) is 0 Å². The smallest absolute Gasteiger partial charge is 0.255 e. The Balaban J connectivity index is 1.61. The Morgan fingerprint density at radius 1 is 1.00 bits per heavy atom. The summed E-state index contributed by atoms with van der Waals surface area (Å²) in [6.07, 6.45) is 0.679. The second-order valence-corrected chi connectivity index (χ2v) is 10.5. The van der Waals surface area contributed by atoms with Crippen LogP contribution in [0, 0.1) is 0 Å². The Morgan fingerprint density at radius 2 is 1.71 bits per heavy atom. The van der Waals surface area contributed by atoms with Gasteiger partial charge in [-0.15, -0.1) is 0 Å². The lowest BCUT2D eigenvalue weighted by molar-refractivity contribution is 0.0950. The third kappa shape index (κ3) is 7.05. The third-order valence-electron chi connectivity index (χ3n) is 5.45. The van der Waals surface area contributed by atoms with Crippen molar-refractivity contribution in [2.24, 2.45) is 0 Å². The van der Waals surface area contributed by atoms with E-state index >= 15 is 0 Å². The highest BCUT2D eigenvalue weighted by atomic mass is 35.5. The molecule has 0 aliphatic rings. The molecule has 0 aromatic heterocycles. The van der Waals surface area contributed by atoms with Crippen molar-refractivity contribution in [2.45, 2.75) is 35.7 Å². The fourth-order valence-corrected chi connectivity index (χ4v) is 4.96. The first-order valence-electron chi connectivity index (χ1n) is 11.3. The van der Waals surface area contributed by atoms with Crippen molar-refractivity contribution in [1.29, 1.82) is 0 Å². The number of hydrogen-bond acceptors (Lipinski definition) is 6. The van der Waals surface area contributed by atoms with E-state index in [1.165, 1.54) is 30.3 Å². The summed E-state index contributed by atoms with van der Waals surface area (Å²) in [7, 11) is -3.87. The van der Waals surface area contributed by atoms with Crippen LogP contribution in [0.2, 0.25) is 5.02 Å². The molecule has 0 spiro atoms. The fourth-order valence-electron chi connectivity index (χ4n) is 3.47. The van der Waals surface area contributed by atoms with Crippen LogP contribution in [0.15, 0.2) is 76.5 Å². The minimum atomic E-state index is -3.87. The van der Waals surface area contributed by atoms with Crippen LogP contribution in [0.1, 0.15) is 40.9 Å². The van der Waals surface area contributed by atoms with Gasteiger partial charge in [-0.1, -0.05) is 42.8 Å². The van der Waals surface area contributed by atoms with E-state index in [0.717, 1.165) is 17.5 Å². The number of nitrogens with one attached hydrogen (secondary N) is 2. The summed E-state index contributed by atoms with van der Waals surface area (Å²) in [6.45, 7) is 3.27. The number of aliphatic hydroxyl groups is 1. The van der Waals surface area contributed by atoms with Crippen LogP contribution in [-0.2, 0) is 16.3 Å². The average Bonchev–Trinajstić information content (AvgIpc) is 2.85. The molecule has 1 amide bonds. The molecular weight excluding hydrogens is 488 g/mol. The molecule has 186 valence electrons. The lowest BCUT2D eigenvalue weighted by Crippen LogP contribution is -2.24. The molecule has 0 unspecified atom stereocenters. The molecule has 3 aromatic rings. The van der Waals surface area contributed by atoms with Crippen LogP contribution in [0.5, 0.6) is 5.75 Å². The van der Waals surface area contributed by atoms with Gasteiger partial charge >= 0.3 is 0 Å². The summed E-state index contributed by atoms with van der Waals surface area (Å²) in [5.74, 6) is -0.800. The van der Waals surface area contributed by atoms with Gasteiger partial charge in [0.1, 0.15) is 5.75 Å². The summed E-state index contributed by atoms with van der Waals surface area (Å²) in [5.41, 5.74) is 1.58. The number of amides is 1. The Morgan fingerprint density at radius 3 is 2.40 bits per heavy atom. The molecule has 3 rings (SSSR count). The number of hydrogen-bond donors (Lipinski definition) is 4. The maximum atomic E-state index is 13.1. The van der Waals surface area contributed by atoms with E-state index < -0.39 is 21.8 Å². The quantitative estimate of drug-likeness (QED) is 0.287. The van der Waals surface area contributed by atoms with Crippen LogP contribution in [-0.4, -0.2) is 44.2 Å². The van der Waals surface area contributed by atoms with Crippen molar-refractivity contribution in [3.05, 3.63) is 88.4 Å². The van der Waals surface area contributed by atoms with Gasteiger partial charge < -0.3 is 20.8 Å². The van der Waals surface area contributed by atoms with Gasteiger partial charge in [-0.05, 0) is 73.0 Å². The van der Waals surface area contributed by atoms with Crippen LogP contribution in [0.25, 0.3) is 0 Å². The second kappa shape index (κ2) is 12.2. The first-order valence-corrected chi connectivity index (χ1v) is 13.2. The van der Waals surface area contributed by atoms with Crippen molar-refractivity contribution in [2.75, 3.05) is 19.6 Å². The van der Waals surface area contributed by atoms with Gasteiger partial charge in [-0.25, -0.2) is 8.42 Å². The lowest BCUT2D eigenvalue weighted by Gasteiger charge is -2.13. The Hall–Kier alpha value is -2.91. The molecule has 0 saturated carbocycles. The molecule has 4 N–H and O–H groups in total. The van der Waals surface area contributed by atoms with E-state index in [0.29, 0.717) is 31.1 Å². The topological polar surface area (TPSA) is 116 Å². The Kier molecular flexibility index (Phi) is 9.28. The highest BCUT2D eigenvalue weighted by molar-refractivity contribution is 7.91. The van der Waals surface area contributed by atoms with E-state index in [-0.39, 0.29) is 21.1 Å². The van der Waals surface area contributed by atoms with Crippen LogP contribution >= 0.6 is 11.6 Å². The van der Waals surface area contributed by atoms with Gasteiger partial charge in [0.05, 0.1) is 21.5 Å². The van der Waals surface area contributed by atoms with Gasteiger partial charge in [0, 0.05) is 18.1 Å². The fraction of sp³-hybridized carbons (Fsp3) is 0.269. The van der Waals surface area contributed by atoms with E-state index in [4.69, 9.17) is 11.6 Å². The number of carbonyl (C=O) groups excluding carboxylic acids is 1. The first kappa shape index (κ1) is 26.7. The number of carbonyl (C=O) groups is 1. The van der Waals surface area contributed by atoms with E-state index in [9.17, 15) is 23.4 Å². The van der Waals surface area contributed by atoms with Crippen molar-refractivity contribution >= 4 is 27.3 Å². The van der Waals surface area contributed by atoms with Crippen molar-refractivity contribution in [1.82, 2.24) is 10.6 Å². The number of sulfone groups is 1. The lowest BCUT2D eigenvalue weighted by atomic mass is 10.1. The molecule has 0 heterocycles. The van der Waals surface area contributed by atoms with Gasteiger partial charge in [-0.3, -0.25) is 4.79 Å². The third-order valence-corrected chi connectivity index (χ3v) is 7.46. The molecule has 0 saturated heterocycles. The molecule has 35 heavy (non-hydrogen) atoms. The SMILES string of the molecule is CCCNC(=O)c1cc(S(=O)(=O)c2ccc(CCNC[C@H](O)c3cccc(Cl)c3)cc2)ccc1O. The molecule has 0 aliphatic heterocycles. The number of benzene rings is 3. The van der Waals surface area contributed by atoms with Gasteiger partial charge in [0.2, 0.25) is 9.84 Å². The summed E-state index contributed by atoms with van der Waals surface area (Å²) in [5, 5.41) is 26.7. The largest absolute Gasteiger partial charge is 0.507 e. The molecule has 0 radical (unpaired) electrons. The number of aliphatic hydroxyl groups excluding tert-OH is 1.